The van der Waals surface area contributed by atoms with Gasteiger partial charge in [-0.1, -0.05) is 6.07 Å². The smallest absolute Gasteiger partial charge is 0.244 e. The number of aromatic nitrogens is 4. The number of amides is 1. The maximum absolute atomic E-state index is 12.7. The molecule has 3 aromatic rings. The van der Waals surface area contributed by atoms with Crippen LogP contribution in [0.1, 0.15) is 24.5 Å². The van der Waals surface area contributed by atoms with E-state index in [1.807, 2.05) is 29.2 Å². The summed E-state index contributed by atoms with van der Waals surface area (Å²) >= 11 is 0. The third-order valence-corrected chi connectivity index (χ3v) is 4.96. The van der Waals surface area contributed by atoms with E-state index in [-0.39, 0.29) is 18.4 Å². The lowest BCUT2D eigenvalue weighted by Crippen LogP contribution is -2.41. The van der Waals surface area contributed by atoms with Crippen LogP contribution in [-0.2, 0) is 11.3 Å². The second-order valence-electron chi connectivity index (χ2n) is 6.91. The molecule has 0 unspecified atom stereocenters. The predicted octanol–water partition coefficient (Wildman–Crippen LogP) is 2.88. The first kappa shape index (κ1) is 18.9. The summed E-state index contributed by atoms with van der Waals surface area (Å²) in [7, 11) is 1.61. The van der Waals surface area contributed by atoms with Crippen LogP contribution in [0.3, 0.4) is 0 Å². The van der Waals surface area contributed by atoms with E-state index in [0.29, 0.717) is 23.9 Å². The number of benzene rings is 1. The Morgan fingerprint density at radius 3 is 2.86 bits per heavy atom. The molecule has 1 atom stereocenters. The molecule has 0 bridgehead atoms. The van der Waals surface area contributed by atoms with Crippen LogP contribution in [0.25, 0.3) is 0 Å². The fourth-order valence-corrected chi connectivity index (χ4v) is 3.53. The fourth-order valence-electron chi connectivity index (χ4n) is 3.53. The van der Waals surface area contributed by atoms with E-state index >= 15 is 0 Å². The molecule has 1 aliphatic rings. The third-order valence-electron chi connectivity index (χ3n) is 4.96. The zero-order valence-corrected chi connectivity index (χ0v) is 16.3. The second-order valence-corrected chi connectivity index (χ2v) is 6.91. The van der Waals surface area contributed by atoms with Gasteiger partial charge in [-0.3, -0.25) is 14.5 Å². The van der Waals surface area contributed by atoms with Crippen LogP contribution in [0.4, 0.5) is 0 Å². The van der Waals surface area contributed by atoms with Crippen molar-refractivity contribution in [3.8, 4) is 17.4 Å². The first-order valence-electron chi connectivity index (χ1n) is 9.61. The first-order valence-corrected chi connectivity index (χ1v) is 9.61. The number of hydrogen-bond donors (Lipinski definition) is 0. The molecule has 0 aliphatic carbocycles. The number of carbonyl (C=O) groups excluding carboxylic acids is 1. The number of hydrogen-bond acceptors (Lipinski definition) is 6. The average molecular weight is 393 g/mol. The number of methoxy groups -OCH3 is 1. The van der Waals surface area contributed by atoms with Crippen molar-refractivity contribution < 1.29 is 14.3 Å². The highest BCUT2D eigenvalue weighted by atomic mass is 16.5. The second kappa shape index (κ2) is 8.72. The molecule has 1 aliphatic heterocycles. The van der Waals surface area contributed by atoms with Crippen molar-refractivity contribution >= 4 is 5.91 Å². The van der Waals surface area contributed by atoms with Crippen molar-refractivity contribution in [1.29, 1.82) is 0 Å². The molecule has 2 aromatic heterocycles. The van der Waals surface area contributed by atoms with E-state index in [1.54, 1.807) is 42.6 Å². The van der Waals surface area contributed by atoms with Crippen LogP contribution in [-0.4, -0.2) is 50.8 Å². The van der Waals surface area contributed by atoms with Gasteiger partial charge in [0.25, 0.3) is 0 Å². The van der Waals surface area contributed by atoms with Crippen LogP contribution < -0.4 is 9.47 Å². The van der Waals surface area contributed by atoms with Gasteiger partial charge < -0.3 is 14.4 Å². The van der Waals surface area contributed by atoms with Crippen molar-refractivity contribution in [2.75, 3.05) is 20.2 Å². The Hall–Kier alpha value is -3.42. The molecule has 1 fully saturated rings. The minimum absolute atomic E-state index is 0.0533. The largest absolute Gasteiger partial charge is 0.497 e. The Balaban J connectivity index is 1.49. The number of carbonyl (C=O) groups is 1. The molecular weight excluding hydrogens is 370 g/mol. The van der Waals surface area contributed by atoms with Crippen LogP contribution in [0, 0.1) is 0 Å². The zero-order chi connectivity index (χ0) is 20.1. The van der Waals surface area contributed by atoms with Crippen LogP contribution >= 0.6 is 0 Å². The zero-order valence-electron chi connectivity index (χ0n) is 16.3. The van der Waals surface area contributed by atoms with Gasteiger partial charge in [0.15, 0.2) is 0 Å². The van der Waals surface area contributed by atoms with Crippen molar-refractivity contribution in [3.05, 3.63) is 60.8 Å². The highest BCUT2D eigenvalue weighted by molar-refractivity contribution is 5.76. The lowest BCUT2D eigenvalue weighted by Gasteiger charge is -2.32. The molecule has 1 aromatic carbocycles. The van der Waals surface area contributed by atoms with Gasteiger partial charge in [0, 0.05) is 49.9 Å². The highest BCUT2D eigenvalue weighted by Gasteiger charge is 2.28. The van der Waals surface area contributed by atoms with Gasteiger partial charge >= 0.3 is 0 Å². The van der Waals surface area contributed by atoms with E-state index in [0.717, 1.165) is 25.1 Å². The van der Waals surface area contributed by atoms with Gasteiger partial charge in [0.05, 0.1) is 7.11 Å². The van der Waals surface area contributed by atoms with Gasteiger partial charge in [0.1, 0.15) is 23.7 Å². The van der Waals surface area contributed by atoms with Crippen molar-refractivity contribution in [3.63, 3.8) is 0 Å². The first-order chi connectivity index (χ1) is 14.2. The number of piperidine rings is 1. The van der Waals surface area contributed by atoms with Crippen LogP contribution in [0.2, 0.25) is 0 Å². The Morgan fingerprint density at radius 2 is 2.03 bits per heavy atom. The quantitative estimate of drug-likeness (QED) is 0.640. The van der Waals surface area contributed by atoms with E-state index in [4.69, 9.17) is 9.47 Å². The Kier molecular flexibility index (Phi) is 5.69. The summed E-state index contributed by atoms with van der Waals surface area (Å²) in [6.45, 7) is 1.57. The minimum atomic E-state index is 0.0533. The molecule has 150 valence electrons. The Bertz CT molecular complexity index is 960. The Morgan fingerprint density at radius 1 is 1.17 bits per heavy atom. The van der Waals surface area contributed by atoms with Crippen LogP contribution in [0.15, 0.2) is 55.1 Å². The molecule has 8 nitrogen and oxygen atoms in total. The van der Waals surface area contributed by atoms with Gasteiger partial charge in [-0.05, 0) is 31.0 Å². The number of ether oxygens (including phenoxy) is 2. The van der Waals surface area contributed by atoms with Crippen LogP contribution in [0.5, 0.6) is 17.4 Å². The monoisotopic (exact) mass is 393 g/mol. The SMILES string of the molecule is COc1cccc(Oc2nccnc2[C@@H]2CCCN(C(=O)Cn3cccn3)C2)c1. The van der Waals surface area contributed by atoms with Gasteiger partial charge in [-0.25, -0.2) is 4.98 Å². The van der Waals surface area contributed by atoms with Gasteiger partial charge in [-0.15, -0.1) is 0 Å². The fraction of sp³-hybridized carbons (Fsp3) is 0.333. The summed E-state index contributed by atoms with van der Waals surface area (Å²) in [5.41, 5.74) is 0.770. The molecule has 29 heavy (non-hydrogen) atoms. The minimum Gasteiger partial charge on any atom is -0.497 e. The van der Waals surface area contributed by atoms with E-state index < -0.39 is 0 Å². The lowest BCUT2D eigenvalue weighted by molar-refractivity contribution is -0.133. The standard InChI is InChI=1S/C21H23N5O3/c1-28-17-6-2-7-18(13-17)29-21-20(22-9-10-23-21)16-5-3-11-25(14-16)19(27)15-26-12-4-8-24-26/h2,4,6-10,12-13,16H,3,5,11,14-15H2,1H3/t16-/m1/s1. The summed E-state index contributed by atoms with van der Waals surface area (Å²) in [4.78, 5) is 23.5. The molecule has 0 radical (unpaired) electrons. The van der Waals surface area contributed by atoms with Gasteiger partial charge in [-0.2, -0.15) is 5.10 Å². The number of rotatable bonds is 6. The number of likely N-dealkylation sites (tertiary alicyclic amines) is 1. The molecule has 1 saturated heterocycles. The molecule has 8 heteroatoms. The molecule has 4 rings (SSSR count). The summed E-state index contributed by atoms with van der Waals surface area (Å²) < 4.78 is 12.9. The lowest BCUT2D eigenvalue weighted by atomic mass is 9.94. The van der Waals surface area contributed by atoms with E-state index in [9.17, 15) is 4.79 Å². The van der Waals surface area contributed by atoms with Crippen molar-refractivity contribution in [2.24, 2.45) is 0 Å². The predicted molar refractivity (Wildman–Crippen MR) is 106 cm³/mol. The number of nitrogens with zero attached hydrogens (tertiary/aromatic N) is 5. The maximum atomic E-state index is 12.7. The van der Waals surface area contributed by atoms with E-state index in [1.165, 1.54) is 0 Å². The maximum Gasteiger partial charge on any atom is 0.244 e. The van der Waals surface area contributed by atoms with E-state index in [2.05, 4.69) is 15.1 Å². The van der Waals surface area contributed by atoms with Crippen molar-refractivity contribution in [2.45, 2.75) is 25.3 Å². The average Bonchev–Trinajstić information content (AvgIpc) is 3.27. The molecule has 0 N–H and O–H groups in total. The third kappa shape index (κ3) is 4.53. The molecule has 0 spiro atoms. The topological polar surface area (TPSA) is 82.4 Å². The molecular formula is C21H23N5O3. The normalized spacial score (nSPS) is 16.4. The van der Waals surface area contributed by atoms with Gasteiger partial charge in [0.2, 0.25) is 11.8 Å². The summed E-state index contributed by atoms with van der Waals surface area (Å²) in [5, 5.41) is 4.12. The summed E-state index contributed by atoms with van der Waals surface area (Å²) in [6.07, 6.45) is 8.58. The highest BCUT2D eigenvalue weighted by Crippen LogP contribution is 2.33. The Labute approximate surface area is 169 Å². The molecule has 3 heterocycles. The molecule has 1 amide bonds. The summed E-state index contributed by atoms with van der Waals surface area (Å²) in [6, 6.07) is 9.18. The molecule has 0 saturated carbocycles. The van der Waals surface area contributed by atoms with Crippen molar-refractivity contribution in [1.82, 2.24) is 24.6 Å². The summed E-state index contributed by atoms with van der Waals surface area (Å²) in [5.74, 6) is 1.93.